The van der Waals surface area contributed by atoms with E-state index in [1.165, 1.54) is 0 Å². The van der Waals surface area contributed by atoms with Crippen molar-refractivity contribution in [1.29, 1.82) is 0 Å². The Labute approximate surface area is 97.9 Å². The lowest BCUT2D eigenvalue weighted by Crippen LogP contribution is -2.28. The molecule has 0 amide bonds. The summed E-state index contributed by atoms with van der Waals surface area (Å²) >= 11 is 0. The van der Waals surface area contributed by atoms with Gasteiger partial charge in [-0.05, 0) is 20.8 Å². The molecule has 4 heteroatoms. The van der Waals surface area contributed by atoms with Gasteiger partial charge in [0.2, 0.25) is 0 Å². The van der Waals surface area contributed by atoms with E-state index in [2.05, 4.69) is 42.6 Å². The van der Waals surface area contributed by atoms with Crippen molar-refractivity contribution in [1.82, 2.24) is 9.97 Å². The molecule has 0 radical (unpaired) electrons. The second kappa shape index (κ2) is 4.68. The lowest BCUT2D eigenvalue weighted by Gasteiger charge is -2.25. The SMILES string of the molecule is Cc1c(N)nc(C(C)C)nc1N(C)C(C)C. The molecule has 0 fully saturated rings. The molecule has 0 aromatic carbocycles. The summed E-state index contributed by atoms with van der Waals surface area (Å²) in [6.07, 6.45) is 0. The van der Waals surface area contributed by atoms with Gasteiger partial charge in [-0.1, -0.05) is 13.8 Å². The van der Waals surface area contributed by atoms with Crippen molar-refractivity contribution in [2.45, 2.75) is 46.6 Å². The zero-order chi connectivity index (χ0) is 12.5. The average Bonchev–Trinajstić information content (AvgIpc) is 2.20. The Morgan fingerprint density at radius 3 is 2.12 bits per heavy atom. The Hall–Kier alpha value is -1.32. The van der Waals surface area contributed by atoms with Crippen molar-refractivity contribution in [3.63, 3.8) is 0 Å². The van der Waals surface area contributed by atoms with E-state index >= 15 is 0 Å². The molecule has 1 aromatic heterocycles. The molecule has 0 aliphatic carbocycles. The molecule has 0 saturated carbocycles. The van der Waals surface area contributed by atoms with Crippen molar-refractivity contribution in [2.75, 3.05) is 17.7 Å². The summed E-state index contributed by atoms with van der Waals surface area (Å²) < 4.78 is 0. The fraction of sp³-hybridized carbons (Fsp3) is 0.667. The summed E-state index contributed by atoms with van der Waals surface area (Å²) in [6, 6.07) is 0.396. The van der Waals surface area contributed by atoms with Crippen molar-refractivity contribution in [3.8, 4) is 0 Å². The van der Waals surface area contributed by atoms with Crippen LogP contribution in [0.2, 0.25) is 0 Å². The third kappa shape index (κ3) is 2.43. The van der Waals surface area contributed by atoms with E-state index in [-0.39, 0.29) is 0 Å². The van der Waals surface area contributed by atoms with Crippen LogP contribution in [0.5, 0.6) is 0 Å². The first kappa shape index (κ1) is 12.7. The highest BCUT2D eigenvalue weighted by molar-refractivity contribution is 5.56. The minimum atomic E-state index is 0.294. The maximum absolute atomic E-state index is 5.92. The first-order valence-electron chi connectivity index (χ1n) is 5.71. The fourth-order valence-electron chi connectivity index (χ4n) is 1.39. The molecule has 2 N–H and O–H groups in total. The maximum atomic E-state index is 5.92. The van der Waals surface area contributed by atoms with Gasteiger partial charge in [0.15, 0.2) is 0 Å². The first-order chi connectivity index (χ1) is 7.34. The third-order valence-corrected chi connectivity index (χ3v) is 2.80. The van der Waals surface area contributed by atoms with E-state index in [9.17, 15) is 0 Å². The molecule has 0 unspecified atom stereocenters. The highest BCUT2D eigenvalue weighted by Crippen LogP contribution is 2.24. The number of nitrogens with two attached hydrogens (primary N) is 1. The van der Waals surface area contributed by atoms with Crippen LogP contribution in [0.3, 0.4) is 0 Å². The van der Waals surface area contributed by atoms with Crippen LogP contribution < -0.4 is 10.6 Å². The van der Waals surface area contributed by atoms with E-state index in [1.807, 2.05) is 14.0 Å². The molecule has 0 bridgehead atoms. The van der Waals surface area contributed by atoms with Crippen LogP contribution in [0.15, 0.2) is 0 Å². The van der Waals surface area contributed by atoms with Crippen LogP contribution in [0.4, 0.5) is 11.6 Å². The minimum absolute atomic E-state index is 0.294. The highest BCUT2D eigenvalue weighted by Gasteiger charge is 2.15. The molecular formula is C12H22N4. The minimum Gasteiger partial charge on any atom is -0.383 e. The van der Waals surface area contributed by atoms with Gasteiger partial charge in [-0.2, -0.15) is 0 Å². The number of nitrogens with zero attached hydrogens (tertiary/aromatic N) is 3. The van der Waals surface area contributed by atoms with Gasteiger partial charge < -0.3 is 10.6 Å². The monoisotopic (exact) mass is 222 g/mol. The Morgan fingerprint density at radius 1 is 1.12 bits per heavy atom. The molecule has 0 aliphatic rings. The predicted molar refractivity (Wildman–Crippen MR) is 68.8 cm³/mol. The number of hydrogen-bond acceptors (Lipinski definition) is 4. The van der Waals surface area contributed by atoms with Crippen molar-refractivity contribution in [3.05, 3.63) is 11.4 Å². The lowest BCUT2D eigenvalue weighted by molar-refractivity contribution is 0.716. The van der Waals surface area contributed by atoms with Crippen LogP contribution in [0.1, 0.15) is 45.0 Å². The molecule has 1 rings (SSSR count). The van der Waals surface area contributed by atoms with Crippen LogP contribution in [-0.4, -0.2) is 23.1 Å². The lowest BCUT2D eigenvalue weighted by atomic mass is 10.2. The summed E-state index contributed by atoms with van der Waals surface area (Å²) in [5.74, 6) is 2.63. The zero-order valence-corrected chi connectivity index (χ0v) is 11.1. The first-order valence-corrected chi connectivity index (χ1v) is 5.71. The molecule has 0 spiro atoms. The van der Waals surface area contributed by atoms with E-state index in [0.717, 1.165) is 17.2 Å². The molecule has 90 valence electrons. The third-order valence-electron chi connectivity index (χ3n) is 2.80. The standard InChI is InChI=1S/C12H22N4/c1-7(2)11-14-10(13)9(5)12(15-11)16(6)8(3)4/h7-8H,1-6H3,(H2,13,14,15). The van der Waals surface area contributed by atoms with E-state index < -0.39 is 0 Å². The summed E-state index contributed by atoms with van der Waals surface area (Å²) in [5, 5.41) is 0. The second-order valence-electron chi connectivity index (χ2n) is 4.78. The van der Waals surface area contributed by atoms with E-state index in [4.69, 9.17) is 5.73 Å². The topological polar surface area (TPSA) is 55.0 Å². The van der Waals surface area contributed by atoms with Crippen LogP contribution in [-0.2, 0) is 0 Å². The Kier molecular flexibility index (Phi) is 3.73. The van der Waals surface area contributed by atoms with Gasteiger partial charge in [-0.25, -0.2) is 9.97 Å². The smallest absolute Gasteiger partial charge is 0.137 e. The number of anilines is 2. The summed E-state index contributed by atoms with van der Waals surface area (Å²) in [6.45, 7) is 10.4. The molecule has 0 atom stereocenters. The Bertz CT molecular complexity index is 372. The summed E-state index contributed by atoms with van der Waals surface area (Å²) in [4.78, 5) is 11.0. The van der Waals surface area contributed by atoms with Gasteiger partial charge in [0.1, 0.15) is 17.5 Å². The molecule has 16 heavy (non-hydrogen) atoms. The van der Waals surface area contributed by atoms with Crippen LogP contribution >= 0.6 is 0 Å². The van der Waals surface area contributed by atoms with Gasteiger partial charge in [-0.15, -0.1) is 0 Å². The summed E-state index contributed by atoms with van der Waals surface area (Å²) in [7, 11) is 2.03. The van der Waals surface area contributed by atoms with Crippen molar-refractivity contribution < 1.29 is 0 Å². The number of nitrogen functional groups attached to an aromatic ring is 1. The average molecular weight is 222 g/mol. The molecule has 0 saturated heterocycles. The largest absolute Gasteiger partial charge is 0.383 e. The van der Waals surface area contributed by atoms with Crippen molar-refractivity contribution >= 4 is 11.6 Å². The number of hydrogen-bond donors (Lipinski definition) is 1. The molecular weight excluding hydrogens is 200 g/mol. The maximum Gasteiger partial charge on any atom is 0.137 e. The second-order valence-corrected chi connectivity index (χ2v) is 4.78. The van der Waals surface area contributed by atoms with Crippen LogP contribution in [0.25, 0.3) is 0 Å². The van der Waals surface area contributed by atoms with Gasteiger partial charge in [0.05, 0.1) is 0 Å². The van der Waals surface area contributed by atoms with Crippen LogP contribution in [0, 0.1) is 6.92 Å². The normalized spacial score (nSPS) is 11.2. The fourth-order valence-corrected chi connectivity index (χ4v) is 1.39. The number of rotatable bonds is 3. The molecule has 1 aromatic rings. The quantitative estimate of drug-likeness (QED) is 0.852. The highest BCUT2D eigenvalue weighted by atomic mass is 15.2. The van der Waals surface area contributed by atoms with E-state index in [0.29, 0.717) is 17.8 Å². The molecule has 1 heterocycles. The van der Waals surface area contributed by atoms with Gasteiger partial charge in [0.25, 0.3) is 0 Å². The predicted octanol–water partition coefficient (Wildman–Crippen LogP) is 2.34. The molecule has 0 aliphatic heterocycles. The molecule has 4 nitrogen and oxygen atoms in total. The van der Waals surface area contributed by atoms with Crippen molar-refractivity contribution in [2.24, 2.45) is 0 Å². The van der Waals surface area contributed by atoms with Gasteiger partial charge in [-0.3, -0.25) is 0 Å². The van der Waals surface area contributed by atoms with Gasteiger partial charge in [0, 0.05) is 24.6 Å². The Morgan fingerprint density at radius 2 is 1.69 bits per heavy atom. The summed E-state index contributed by atoms with van der Waals surface area (Å²) in [5.41, 5.74) is 6.88. The zero-order valence-electron chi connectivity index (χ0n) is 11.1. The number of aromatic nitrogens is 2. The Balaban J connectivity index is 3.26. The van der Waals surface area contributed by atoms with Gasteiger partial charge >= 0.3 is 0 Å². The van der Waals surface area contributed by atoms with E-state index in [1.54, 1.807) is 0 Å².